The van der Waals surface area contributed by atoms with Gasteiger partial charge in [-0.25, -0.2) is 0 Å². The number of anilines is 1. The van der Waals surface area contributed by atoms with Crippen molar-refractivity contribution < 1.29 is 19.2 Å². The van der Waals surface area contributed by atoms with E-state index in [9.17, 15) is 20.2 Å². The number of fused-ring (bicyclic) bond motifs is 1. The number of hydrogen-bond donors (Lipinski definition) is 1. The van der Waals surface area contributed by atoms with Crippen molar-refractivity contribution in [2.75, 3.05) is 12.4 Å². The molecular weight excluding hydrogens is 494 g/mol. The van der Waals surface area contributed by atoms with E-state index in [-0.39, 0.29) is 22.0 Å². The van der Waals surface area contributed by atoms with Crippen molar-refractivity contribution in [3.05, 3.63) is 111 Å². The maximum Gasteiger partial charge on any atom is 0.289 e. The Labute approximate surface area is 217 Å². The lowest BCUT2D eigenvalue weighted by molar-refractivity contribution is -0.384. The fourth-order valence-corrected chi connectivity index (χ4v) is 3.90. The summed E-state index contributed by atoms with van der Waals surface area (Å²) >= 11 is 5.81. The van der Waals surface area contributed by atoms with Crippen molar-refractivity contribution in [1.82, 2.24) is 0 Å². The lowest BCUT2D eigenvalue weighted by Crippen LogP contribution is -2.13. The average molecular weight is 514 g/mol. The second kappa shape index (κ2) is 11.2. The number of nitrogens with one attached hydrogen (secondary N) is 1. The van der Waals surface area contributed by atoms with Crippen molar-refractivity contribution in [3.63, 3.8) is 0 Å². The number of nitro groups is 1. The van der Waals surface area contributed by atoms with Gasteiger partial charge in [-0.15, -0.1) is 0 Å². The van der Waals surface area contributed by atoms with Crippen LogP contribution in [0, 0.1) is 21.4 Å². The molecular formula is C28H20ClN3O5. The Balaban J connectivity index is 1.52. The summed E-state index contributed by atoms with van der Waals surface area (Å²) < 4.78 is 11.5. The summed E-state index contributed by atoms with van der Waals surface area (Å²) in [7, 11) is 1.50. The van der Waals surface area contributed by atoms with Crippen LogP contribution in [0.5, 0.6) is 11.5 Å². The standard InChI is InChI=1S/C28H20ClN3O5/c1-36-27-14-18(9-12-26(27)37-17-20-7-4-6-19-5-2-3-8-23(19)20)13-21(16-30)28(33)31-22-10-11-24(29)25(15-22)32(34)35/h2-15H,17H2,1H3,(H,31,33)/b21-13+. The predicted molar refractivity (Wildman–Crippen MR) is 142 cm³/mol. The lowest BCUT2D eigenvalue weighted by Gasteiger charge is -2.13. The molecule has 0 fully saturated rings. The molecule has 8 nitrogen and oxygen atoms in total. The molecule has 4 aromatic carbocycles. The Morgan fingerprint density at radius 1 is 1.08 bits per heavy atom. The third-order valence-electron chi connectivity index (χ3n) is 5.53. The maximum atomic E-state index is 12.6. The van der Waals surface area contributed by atoms with Crippen LogP contribution in [0.25, 0.3) is 16.8 Å². The van der Waals surface area contributed by atoms with E-state index in [4.69, 9.17) is 21.1 Å². The second-order valence-corrected chi connectivity index (χ2v) is 8.29. The summed E-state index contributed by atoms with van der Waals surface area (Å²) in [4.78, 5) is 23.1. The largest absolute Gasteiger partial charge is 0.493 e. The minimum absolute atomic E-state index is 0.0612. The van der Waals surface area contributed by atoms with Crippen LogP contribution in [0.3, 0.4) is 0 Å². The maximum absolute atomic E-state index is 12.6. The highest BCUT2D eigenvalue weighted by Crippen LogP contribution is 2.31. The van der Waals surface area contributed by atoms with E-state index >= 15 is 0 Å². The molecule has 0 heterocycles. The fourth-order valence-electron chi connectivity index (χ4n) is 3.71. The molecule has 0 aliphatic carbocycles. The van der Waals surface area contributed by atoms with Crippen molar-refractivity contribution >= 4 is 45.7 Å². The van der Waals surface area contributed by atoms with Crippen molar-refractivity contribution in [3.8, 4) is 17.6 Å². The molecule has 4 aromatic rings. The summed E-state index contributed by atoms with van der Waals surface area (Å²) in [5, 5.41) is 25.3. The van der Waals surface area contributed by atoms with Crippen molar-refractivity contribution in [1.29, 1.82) is 5.26 Å². The van der Waals surface area contributed by atoms with Crippen molar-refractivity contribution in [2.45, 2.75) is 6.61 Å². The quantitative estimate of drug-likeness (QED) is 0.124. The number of ether oxygens (including phenoxy) is 2. The summed E-state index contributed by atoms with van der Waals surface area (Å²) in [5.74, 6) is 0.207. The molecule has 9 heteroatoms. The Bertz CT molecular complexity index is 1570. The number of nitro benzene ring substituents is 1. The minimum Gasteiger partial charge on any atom is -0.493 e. The SMILES string of the molecule is COc1cc(/C=C(\C#N)C(=O)Nc2ccc(Cl)c([N+](=O)[O-])c2)ccc1OCc1cccc2ccccc12. The first kappa shape index (κ1) is 25.2. The van der Waals surface area contributed by atoms with Crippen molar-refractivity contribution in [2.24, 2.45) is 0 Å². The normalized spacial score (nSPS) is 11.0. The van der Waals surface area contributed by atoms with E-state index < -0.39 is 10.8 Å². The fraction of sp³-hybridized carbons (Fsp3) is 0.0714. The number of amides is 1. The predicted octanol–water partition coefficient (Wildman–Crippen LogP) is 6.53. The van der Waals surface area contributed by atoms with E-state index in [0.717, 1.165) is 22.4 Å². The minimum atomic E-state index is -0.727. The van der Waals surface area contributed by atoms with Gasteiger partial charge < -0.3 is 14.8 Å². The van der Waals surface area contributed by atoms with Crippen LogP contribution in [-0.4, -0.2) is 17.9 Å². The van der Waals surface area contributed by atoms with Gasteiger partial charge in [0, 0.05) is 11.8 Å². The molecule has 0 bridgehead atoms. The summed E-state index contributed by atoms with van der Waals surface area (Å²) in [6.07, 6.45) is 1.39. The highest BCUT2D eigenvalue weighted by Gasteiger charge is 2.16. The monoisotopic (exact) mass is 513 g/mol. The molecule has 0 saturated carbocycles. The highest BCUT2D eigenvalue weighted by atomic mass is 35.5. The summed E-state index contributed by atoms with van der Waals surface area (Å²) in [6, 6.07) is 24.8. The molecule has 0 radical (unpaired) electrons. The number of halogens is 1. The summed E-state index contributed by atoms with van der Waals surface area (Å²) in [6.45, 7) is 0.325. The first-order valence-corrected chi connectivity index (χ1v) is 11.4. The topological polar surface area (TPSA) is 114 Å². The molecule has 0 aliphatic heterocycles. The van der Waals surface area contributed by atoms with Gasteiger partial charge >= 0.3 is 0 Å². The number of methoxy groups -OCH3 is 1. The number of nitrogens with zero attached hydrogens (tertiary/aromatic N) is 2. The molecule has 0 aromatic heterocycles. The molecule has 37 heavy (non-hydrogen) atoms. The van der Waals surface area contributed by atoms with Gasteiger partial charge in [-0.2, -0.15) is 5.26 Å². The van der Waals surface area contributed by atoms with Gasteiger partial charge in [0.2, 0.25) is 0 Å². The number of carbonyl (C=O) groups excluding carboxylic acids is 1. The third-order valence-corrected chi connectivity index (χ3v) is 5.85. The molecule has 1 N–H and O–H groups in total. The van der Waals surface area contributed by atoms with E-state index in [0.29, 0.717) is 23.7 Å². The second-order valence-electron chi connectivity index (χ2n) is 7.88. The zero-order valence-electron chi connectivity index (χ0n) is 19.6. The Kier molecular flexibility index (Phi) is 7.67. The Hall–Kier alpha value is -4.87. The molecule has 1 amide bonds. The lowest BCUT2D eigenvalue weighted by atomic mass is 10.1. The molecule has 184 valence electrons. The van der Waals surface area contributed by atoms with E-state index in [1.54, 1.807) is 18.2 Å². The number of benzene rings is 4. The van der Waals surface area contributed by atoms with Gasteiger partial charge in [0.15, 0.2) is 11.5 Å². The average Bonchev–Trinajstić information content (AvgIpc) is 2.91. The van der Waals surface area contributed by atoms with Crippen LogP contribution < -0.4 is 14.8 Å². The smallest absolute Gasteiger partial charge is 0.289 e. The molecule has 0 aliphatic rings. The van der Waals surface area contributed by atoms with Crippen LogP contribution >= 0.6 is 11.6 Å². The third kappa shape index (κ3) is 5.86. The van der Waals surface area contributed by atoms with Crippen LogP contribution in [-0.2, 0) is 11.4 Å². The van der Waals surface area contributed by atoms with Gasteiger partial charge in [-0.3, -0.25) is 14.9 Å². The molecule has 4 rings (SSSR count). The van der Waals surface area contributed by atoms with Crippen LogP contribution in [0.15, 0.2) is 84.4 Å². The molecule has 0 unspecified atom stereocenters. The Morgan fingerprint density at radius 3 is 2.62 bits per heavy atom. The first-order chi connectivity index (χ1) is 17.9. The van der Waals surface area contributed by atoms with E-state index in [2.05, 4.69) is 5.32 Å². The number of hydrogen-bond acceptors (Lipinski definition) is 6. The van der Waals surface area contributed by atoms with Gasteiger partial charge in [0.25, 0.3) is 11.6 Å². The zero-order valence-corrected chi connectivity index (χ0v) is 20.4. The van der Waals surface area contributed by atoms with Gasteiger partial charge in [0.05, 0.1) is 12.0 Å². The van der Waals surface area contributed by atoms with Gasteiger partial charge in [0.1, 0.15) is 23.3 Å². The van der Waals surface area contributed by atoms with Crippen LogP contribution in [0.4, 0.5) is 11.4 Å². The number of carbonyl (C=O) groups is 1. The zero-order chi connectivity index (χ0) is 26.4. The Morgan fingerprint density at radius 2 is 1.86 bits per heavy atom. The van der Waals surface area contributed by atoms with E-state index in [1.807, 2.05) is 48.5 Å². The summed E-state index contributed by atoms with van der Waals surface area (Å²) in [5.41, 5.74) is 1.13. The first-order valence-electron chi connectivity index (χ1n) is 11.0. The van der Waals surface area contributed by atoms with Gasteiger partial charge in [-0.05, 0) is 52.2 Å². The van der Waals surface area contributed by atoms with Crippen LogP contribution in [0.1, 0.15) is 11.1 Å². The van der Waals surface area contributed by atoms with Crippen LogP contribution in [0.2, 0.25) is 5.02 Å². The number of rotatable bonds is 8. The number of nitriles is 1. The van der Waals surface area contributed by atoms with Gasteiger partial charge in [-0.1, -0.05) is 60.1 Å². The molecule has 0 atom stereocenters. The molecule has 0 spiro atoms. The van der Waals surface area contributed by atoms with E-state index in [1.165, 1.54) is 25.3 Å². The highest BCUT2D eigenvalue weighted by molar-refractivity contribution is 6.32. The molecule has 0 saturated heterocycles.